The molecule has 0 amide bonds. The average molecular weight is 370 g/mol. The van der Waals surface area contributed by atoms with Crippen molar-refractivity contribution in [2.24, 2.45) is 0 Å². The van der Waals surface area contributed by atoms with Crippen LogP contribution >= 0.6 is 22.6 Å². The second-order valence-corrected chi connectivity index (χ2v) is 5.59. The van der Waals surface area contributed by atoms with Crippen LogP contribution in [0.15, 0.2) is 15.8 Å². The molecule has 0 saturated heterocycles. The Morgan fingerprint density at radius 2 is 1.94 bits per heavy atom. The number of H-pyrrole nitrogens is 1. The van der Waals surface area contributed by atoms with Crippen LogP contribution in [0.25, 0.3) is 0 Å². The number of halogens is 2. The summed E-state index contributed by atoms with van der Waals surface area (Å²) in [6.45, 7) is 0. The molecule has 8 heteroatoms. The molecule has 0 aliphatic heterocycles. The van der Waals surface area contributed by atoms with Crippen LogP contribution in [0.2, 0.25) is 0 Å². The van der Waals surface area contributed by atoms with Crippen LogP contribution in [0.5, 0.6) is 0 Å². The largest absolute Gasteiger partial charge is 0.339 e. The highest BCUT2D eigenvalue weighted by atomic mass is 127. The Morgan fingerprint density at radius 1 is 1.39 bits per heavy atom. The average Bonchev–Trinajstić information content (AvgIpc) is 2.72. The van der Waals surface area contributed by atoms with Crippen LogP contribution in [0.4, 0.5) is 4.39 Å². The minimum absolute atomic E-state index is 0.124. The van der Waals surface area contributed by atoms with Gasteiger partial charge in [-0.3, -0.25) is 14.3 Å². The van der Waals surface area contributed by atoms with Crippen molar-refractivity contribution in [2.45, 2.75) is 37.3 Å². The Bertz CT molecular complexity index is 568. The van der Waals surface area contributed by atoms with Crippen molar-refractivity contribution in [3.05, 3.63) is 30.6 Å². The van der Waals surface area contributed by atoms with Gasteiger partial charge in [-0.15, -0.1) is 0 Å². The summed E-state index contributed by atoms with van der Waals surface area (Å²) in [5.74, 6) is 0. The number of nitrogens with zero attached hydrogens (tertiary/aromatic N) is 1. The van der Waals surface area contributed by atoms with Gasteiger partial charge in [0.05, 0.1) is 3.57 Å². The zero-order valence-corrected chi connectivity index (χ0v) is 11.5. The van der Waals surface area contributed by atoms with E-state index in [-0.39, 0.29) is 16.4 Å². The van der Waals surface area contributed by atoms with Crippen molar-refractivity contribution >= 4 is 22.6 Å². The molecule has 1 aliphatic carbocycles. The first-order valence-corrected chi connectivity index (χ1v) is 6.51. The van der Waals surface area contributed by atoms with Crippen molar-refractivity contribution in [3.63, 3.8) is 0 Å². The molecule has 0 bridgehead atoms. The second-order valence-electron chi connectivity index (χ2n) is 4.43. The van der Waals surface area contributed by atoms with Crippen LogP contribution in [0.1, 0.15) is 25.7 Å². The van der Waals surface area contributed by atoms with Gasteiger partial charge in [0, 0.05) is 6.20 Å². The summed E-state index contributed by atoms with van der Waals surface area (Å²) >= 11 is 1.70. The van der Waals surface area contributed by atoms with Crippen LogP contribution in [-0.4, -0.2) is 25.8 Å². The first-order chi connectivity index (χ1) is 8.28. The molecule has 1 fully saturated rings. The summed E-state index contributed by atoms with van der Waals surface area (Å²) in [5, 5.41) is 18.7. The Labute approximate surface area is 115 Å². The van der Waals surface area contributed by atoms with Crippen molar-refractivity contribution in [3.8, 4) is 0 Å². The van der Waals surface area contributed by atoms with E-state index in [1.807, 2.05) is 4.98 Å². The summed E-state index contributed by atoms with van der Waals surface area (Å²) in [5.41, 5.74) is -3.15. The van der Waals surface area contributed by atoms with Gasteiger partial charge in [-0.25, -0.2) is 4.79 Å². The Kier molecular flexibility index (Phi) is 3.36. The first kappa shape index (κ1) is 13.7. The topological polar surface area (TPSA) is 95.3 Å². The minimum atomic E-state index is -3.51. The summed E-state index contributed by atoms with van der Waals surface area (Å²) < 4.78 is 14.8. The zero-order valence-electron chi connectivity index (χ0n) is 9.32. The summed E-state index contributed by atoms with van der Waals surface area (Å²) in [6, 6.07) is -3.51. The molecule has 1 aromatic rings. The highest BCUT2D eigenvalue weighted by molar-refractivity contribution is 14.1. The zero-order chi connectivity index (χ0) is 13.6. The number of aromatic amines is 1. The predicted molar refractivity (Wildman–Crippen MR) is 68.8 cm³/mol. The van der Waals surface area contributed by atoms with E-state index in [2.05, 4.69) is 0 Å². The fourth-order valence-electron chi connectivity index (χ4n) is 2.44. The lowest BCUT2D eigenvalue weighted by molar-refractivity contribution is -0.320. The fourth-order valence-corrected chi connectivity index (χ4v) is 2.85. The molecule has 3 N–H and O–H groups in total. The van der Waals surface area contributed by atoms with E-state index in [9.17, 15) is 24.2 Å². The maximum absolute atomic E-state index is 13.7. The first-order valence-electron chi connectivity index (χ1n) is 5.43. The van der Waals surface area contributed by atoms with Gasteiger partial charge in [0.2, 0.25) is 0 Å². The number of alkyl halides is 1. The normalized spacial score (nSPS) is 19.1. The van der Waals surface area contributed by atoms with Gasteiger partial charge in [-0.05, 0) is 35.4 Å². The van der Waals surface area contributed by atoms with Gasteiger partial charge in [0.15, 0.2) is 0 Å². The monoisotopic (exact) mass is 370 g/mol. The number of hydrogen-bond donors (Lipinski definition) is 3. The number of hydrogen-bond acceptors (Lipinski definition) is 4. The minimum Gasteiger partial charge on any atom is -0.338 e. The Hall–Kier alpha value is -0.740. The Balaban J connectivity index is 2.68. The number of aromatic nitrogens is 2. The van der Waals surface area contributed by atoms with E-state index in [1.54, 1.807) is 22.6 Å². The second kappa shape index (κ2) is 4.42. The van der Waals surface area contributed by atoms with E-state index in [0.717, 1.165) is 10.8 Å². The van der Waals surface area contributed by atoms with Crippen molar-refractivity contribution in [2.75, 3.05) is 0 Å². The molecule has 0 unspecified atom stereocenters. The molecule has 0 atom stereocenters. The lowest BCUT2D eigenvalue weighted by Gasteiger charge is -2.36. The molecule has 1 aliphatic rings. The SMILES string of the molecule is O=c1[nH]c(=O)n(C2(C(O)(O)F)CCCC2)cc1I. The molecular formula is C10H12FIN2O4. The summed E-state index contributed by atoms with van der Waals surface area (Å²) in [6.07, 6.45) is 2.56. The highest BCUT2D eigenvalue weighted by Crippen LogP contribution is 2.43. The molecule has 0 spiro atoms. The third kappa shape index (κ3) is 2.01. The molecule has 0 aromatic carbocycles. The summed E-state index contributed by atoms with van der Waals surface area (Å²) in [7, 11) is 0. The van der Waals surface area contributed by atoms with Gasteiger partial charge >= 0.3 is 11.7 Å². The molecule has 1 saturated carbocycles. The fraction of sp³-hybridized carbons (Fsp3) is 0.600. The van der Waals surface area contributed by atoms with Crippen LogP contribution in [0.3, 0.4) is 0 Å². The molecule has 2 rings (SSSR count). The molecular weight excluding hydrogens is 358 g/mol. The molecule has 100 valence electrons. The van der Waals surface area contributed by atoms with Gasteiger partial charge < -0.3 is 10.2 Å². The van der Waals surface area contributed by atoms with Crippen molar-refractivity contribution in [1.29, 1.82) is 0 Å². The van der Waals surface area contributed by atoms with Crippen molar-refractivity contribution < 1.29 is 14.6 Å². The number of rotatable bonds is 2. The van der Waals surface area contributed by atoms with Crippen LogP contribution < -0.4 is 11.2 Å². The van der Waals surface area contributed by atoms with E-state index in [4.69, 9.17) is 0 Å². The van der Waals surface area contributed by atoms with Gasteiger partial charge in [0.25, 0.3) is 5.56 Å². The van der Waals surface area contributed by atoms with Gasteiger partial charge in [-0.1, -0.05) is 12.8 Å². The Morgan fingerprint density at radius 3 is 2.44 bits per heavy atom. The molecule has 1 heterocycles. The molecule has 18 heavy (non-hydrogen) atoms. The lowest BCUT2D eigenvalue weighted by Crippen LogP contribution is -2.55. The van der Waals surface area contributed by atoms with Crippen LogP contribution in [-0.2, 0) is 5.54 Å². The molecule has 6 nitrogen and oxygen atoms in total. The maximum Gasteiger partial charge on any atom is 0.339 e. The van der Waals surface area contributed by atoms with E-state index in [1.165, 1.54) is 0 Å². The molecule has 1 aromatic heterocycles. The maximum atomic E-state index is 13.7. The third-order valence-corrected chi connectivity index (χ3v) is 4.15. The predicted octanol–water partition coefficient (Wildman–Crippen LogP) is 0.0184. The van der Waals surface area contributed by atoms with Crippen LogP contribution in [0, 0.1) is 3.57 Å². The van der Waals surface area contributed by atoms with Crippen molar-refractivity contribution in [1.82, 2.24) is 9.55 Å². The quantitative estimate of drug-likeness (QED) is 0.505. The highest BCUT2D eigenvalue weighted by Gasteiger charge is 2.54. The number of aliphatic hydroxyl groups is 2. The lowest BCUT2D eigenvalue weighted by atomic mass is 9.94. The van der Waals surface area contributed by atoms with E-state index in [0.29, 0.717) is 12.8 Å². The standard InChI is InChI=1S/C10H12FIN2O4/c11-10(17,18)9(3-1-2-4-9)14-5-6(12)7(15)13-8(14)16/h5,17-18H,1-4H2,(H,13,15,16). The third-order valence-electron chi connectivity index (χ3n) is 3.38. The van der Waals surface area contributed by atoms with E-state index < -0.39 is 22.8 Å². The van der Waals surface area contributed by atoms with Gasteiger partial charge in [-0.2, -0.15) is 4.39 Å². The molecule has 0 radical (unpaired) electrons. The van der Waals surface area contributed by atoms with Gasteiger partial charge in [0.1, 0.15) is 5.54 Å². The van der Waals surface area contributed by atoms with E-state index >= 15 is 0 Å². The number of nitrogens with one attached hydrogen (secondary N) is 1. The summed E-state index contributed by atoms with van der Waals surface area (Å²) in [4.78, 5) is 25.0. The smallest absolute Gasteiger partial charge is 0.338 e.